The first-order valence-electron chi connectivity index (χ1n) is 6.16. The molecule has 2 aromatic rings. The summed E-state index contributed by atoms with van der Waals surface area (Å²) in [5, 5.41) is 2.92. The molecule has 4 N–H and O–H groups in total. The van der Waals surface area contributed by atoms with Crippen molar-refractivity contribution in [2.75, 3.05) is 10.7 Å². The van der Waals surface area contributed by atoms with E-state index in [2.05, 4.69) is 26.7 Å². The summed E-state index contributed by atoms with van der Waals surface area (Å²) in [6.45, 7) is 3.98. The standard InChI is InChI=1S/C15H16BrN3O/c1-9-7-10(2)14(13(16)8-9)18-15(20)11-3-5-12(19-17)6-4-11/h3-8,19H,17H2,1-2H3,(H,18,20). The zero-order valence-corrected chi connectivity index (χ0v) is 12.9. The van der Waals surface area contributed by atoms with Gasteiger partial charge in [-0.3, -0.25) is 10.6 Å². The second-order valence-corrected chi connectivity index (χ2v) is 5.47. The Morgan fingerprint density at radius 2 is 1.80 bits per heavy atom. The number of nitrogens with two attached hydrogens (primary N) is 1. The fourth-order valence-corrected chi connectivity index (χ4v) is 2.75. The zero-order valence-electron chi connectivity index (χ0n) is 11.3. The second-order valence-electron chi connectivity index (χ2n) is 4.61. The van der Waals surface area contributed by atoms with Crippen LogP contribution in [0.2, 0.25) is 0 Å². The van der Waals surface area contributed by atoms with Crippen molar-refractivity contribution >= 4 is 33.2 Å². The molecule has 0 radical (unpaired) electrons. The summed E-state index contributed by atoms with van der Waals surface area (Å²) in [5.41, 5.74) is 6.82. The highest BCUT2D eigenvalue weighted by atomic mass is 79.9. The summed E-state index contributed by atoms with van der Waals surface area (Å²) >= 11 is 3.48. The number of hydrogen-bond donors (Lipinski definition) is 3. The van der Waals surface area contributed by atoms with E-state index in [1.54, 1.807) is 24.3 Å². The molecule has 104 valence electrons. The Labute approximate surface area is 126 Å². The Kier molecular flexibility index (Phi) is 4.42. The van der Waals surface area contributed by atoms with Crippen LogP contribution in [0.3, 0.4) is 0 Å². The fraction of sp³-hybridized carbons (Fsp3) is 0.133. The molecule has 2 aromatic carbocycles. The summed E-state index contributed by atoms with van der Waals surface area (Å²) in [6, 6.07) is 11.0. The molecule has 0 aliphatic heterocycles. The van der Waals surface area contributed by atoms with E-state index >= 15 is 0 Å². The Balaban J connectivity index is 2.23. The van der Waals surface area contributed by atoms with Crippen molar-refractivity contribution in [3.05, 3.63) is 57.6 Å². The molecule has 0 bridgehead atoms. The lowest BCUT2D eigenvalue weighted by Crippen LogP contribution is -2.14. The number of amides is 1. The topological polar surface area (TPSA) is 67.2 Å². The van der Waals surface area contributed by atoms with E-state index in [1.165, 1.54) is 0 Å². The third-order valence-electron chi connectivity index (χ3n) is 2.98. The number of rotatable bonds is 3. The largest absolute Gasteiger partial charge is 0.324 e. The van der Waals surface area contributed by atoms with Crippen LogP contribution in [0.4, 0.5) is 11.4 Å². The highest BCUT2D eigenvalue weighted by molar-refractivity contribution is 9.10. The Hall–Kier alpha value is -1.85. The lowest BCUT2D eigenvalue weighted by Gasteiger charge is -2.12. The van der Waals surface area contributed by atoms with Crippen LogP contribution >= 0.6 is 15.9 Å². The Bertz CT molecular complexity index is 615. The maximum absolute atomic E-state index is 12.2. The zero-order chi connectivity index (χ0) is 14.7. The molecule has 4 nitrogen and oxygen atoms in total. The summed E-state index contributed by atoms with van der Waals surface area (Å²) in [6.07, 6.45) is 0. The molecule has 0 fully saturated rings. The number of nitrogens with one attached hydrogen (secondary N) is 2. The van der Waals surface area contributed by atoms with Gasteiger partial charge in [0.05, 0.1) is 5.69 Å². The average Bonchev–Trinajstić information content (AvgIpc) is 2.42. The molecule has 0 heterocycles. The fourth-order valence-electron chi connectivity index (χ4n) is 1.98. The van der Waals surface area contributed by atoms with Crippen molar-refractivity contribution in [1.82, 2.24) is 0 Å². The van der Waals surface area contributed by atoms with Gasteiger partial charge in [-0.25, -0.2) is 0 Å². The molecule has 0 aliphatic rings. The van der Waals surface area contributed by atoms with Crippen molar-refractivity contribution < 1.29 is 4.79 Å². The first kappa shape index (κ1) is 14.6. The molecule has 0 aliphatic carbocycles. The predicted molar refractivity (Wildman–Crippen MR) is 85.8 cm³/mol. The highest BCUT2D eigenvalue weighted by Gasteiger charge is 2.11. The first-order valence-corrected chi connectivity index (χ1v) is 6.95. The van der Waals surface area contributed by atoms with Crippen LogP contribution in [0, 0.1) is 13.8 Å². The molecule has 0 aromatic heterocycles. The van der Waals surface area contributed by atoms with Crippen LogP contribution in [-0.4, -0.2) is 5.91 Å². The van der Waals surface area contributed by atoms with E-state index in [1.807, 2.05) is 26.0 Å². The number of aryl methyl sites for hydroxylation is 2. The maximum atomic E-state index is 12.2. The molecule has 0 unspecified atom stereocenters. The monoisotopic (exact) mass is 333 g/mol. The number of hydrazine groups is 1. The van der Waals surface area contributed by atoms with Gasteiger partial charge in [0.15, 0.2) is 0 Å². The Morgan fingerprint density at radius 3 is 2.35 bits per heavy atom. The van der Waals surface area contributed by atoms with Gasteiger partial charge in [-0.05, 0) is 71.2 Å². The molecule has 2 rings (SSSR count). The predicted octanol–water partition coefficient (Wildman–Crippen LogP) is 3.60. The lowest BCUT2D eigenvalue weighted by molar-refractivity contribution is 0.102. The molecule has 0 saturated heterocycles. The van der Waals surface area contributed by atoms with Gasteiger partial charge in [-0.1, -0.05) is 6.07 Å². The number of carbonyl (C=O) groups is 1. The summed E-state index contributed by atoms with van der Waals surface area (Å²) in [5.74, 6) is 5.15. The second kappa shape index (κ2) is 6.07. The van der Waals surface area contributed by atoms with Gasteiger partial charge >= 0.3 is 0 Å². The molecule has 0 saturated carbocycles. The van der Waals surface area contributed by atoms with Gasteiger partial charge in [0, 0.05) is 15.7 Å². The van der Waals surface area contributed by atoms with Gasteiger partial charge < -0.3 is 10.7 Å². The van der Waals surface area contributed by atoms with Crippen LogP contribution in [0.1, 0.15) is 21.5 Å². The number of anilines is 2. The van der Waals surface area contributed by atoms with Crippen molar-refractivity contribution in [1.29, 1.82) is 0 Å². The van der Waals surface area contributed by atoms with Crippen molar-refractivity contribution in [2.45, 2.75) is 13.8 Å². The van der Waals surface area contributed by atoms with E-state index in [0.29, 0.717) is 5.56 Å². The minimum Gasteiger partial charge on any atom is -0.324 e. The van der Waals surface area contributed by atoms with Crippen LogP contribution < -0.4 is 16.6 Å². The normalized spacial score (nSPS) is 10.2. The van der Waals surface area contributed by atoms with E-state index in [0.717, 1.165) is 27.0 Å². The van der Waals surface area contributed by atoms with Crippen LogP contribution in [0.25, 0.3) is 0 Å². The molecule has 0 spiro atoms. The molecular formula is C15H16BrN3O. The summed E-state index contributed by atoms with van der Waals surface area (Å²) < 4.78 is 0.878. The molecule has 0 atom stereocenters. The Morgan fingerprint density at radius 1 is 1.15 bits per heavy atom. The molecule has 20 heavy (non-hydrogen) atoms. The van der Waals surface area contributed by atoms with Gasteiger partial charge in [0.2, 0.25) is 0 Å². The number of nitrogen functional groups attached to an aromatic ring is 1. The van der Waals surface area contributed by atoms with E-state index in [4.69, 9.17) is 5.84 Å². The minimum absolute atomic E-state index is 0.152. The maximum Gasteiger partial charge on any atom is 0.255 e. The summed E-state index contributed by atoms with van der Waals surface area (Å²) in [7, 11) is 0. The smallest absolute Gasteiger partial charge is 0.255 e. The highest BCUT2D eigenvalue weighted by Crippen LogP contribution is 2.28. The van der Waals surface area contributed by atoms with E-state index in [9.17, 15) is 4.79 Å². The first-order chi connectivity index (χ1) is 9.51. The quantitative estimate of drug-likeness (QED) is 0.593. The summed E-state index contributed by atoms with van der Waals surface area (Å²) in [4.78, 5) is 12.2. The molecular weight excluding hydrogens is 318 g/mol. The SMILES string of the molecule is Cc1cc(C)c(NC(=O)c2ccc(NN)cc2)c(Br)c1. The van der Waals surface area contributed by atoms with Crippen LogP contribution in [0.15, 0.2) is 40.9 Å². The van der Waals surface area contributed by atoms with E-state index in [-0.39, 0.29) is 5.91 Å². The number of carbonyl (C=O) groups excluding carboxylic acids is 1. The van der Waals surface area contributed by atoms with Crippen LogP contribution in [-0.2, 0) is 0 Å². The third kappa shape index (κ3) is 3.18. The lowest BCUT2D eigenvalue weighted by atomic mass is 10.1. The van der Waals surface area contributed by atoms with E-state index < -0.39 is 0 Å². The van der Waals surface area contributed by atoms with Gasteiger partial charge in [-0.2, -0.15) is 0 Å². The van der Waals surface area contributed by atoms with Crippen molar-refractivity contribution in [3.63, 3.8) is 0 Å². The minimum atomic E-state index is -0.152. The van der Waals surface area contributed by atoms with Gasteiger partial charge in [-0.15, -0.1) is 0 Å². The number of hydrogen-bond acceptors (Lipinski definition) is 3. The number of halogens is 1. The van der Waals surface area contributed by atoms with Crippen molar-refractivity contribution in [2.24, 2.45) is 5.84 Å². The molecule has 5 heteroatoms. The van der Waals surface area contributed by atoms with Gasteiger partial charge in [0.1, 0.15) is 0 Å². The molecule has 1 amide bonds. The average molecular weight is 334 g/mol. The van der Waals surface area contributed by atoms with Gasteiger partial charge in [0.25, 0.3) is 5.91 Å². The van der Waals surface area contributed by atoms with Crippen molar-refractivity contribution in [3.8, 4) is 0 Å². The van der Waals surface area contributed by atoms with Crippen LogP contribution in [0.5, 0.6) is 0 Å². The number of benzene rings is 2. The third-order valence-corrected chi connectivity index (χ3v) is 3.61.